The predicted molar refractivity (Wildman–Crippen MR) is 95.3 cm³/mol. The SMILES string of the molecule is O=C1Cn2nc(C3CC3)nc2CC2(CCN(Cc3cccnc3)CC2)N1. The minimum absolute atomic E-state index is 0.0664. The monoisotopic (exact) mass is 352 g/mol. The number of piperidine rings is 1. The fourth-order valence-electron chi connectivity index (χ4n) is 4.17. The van der Waals surface area contributed by atoms with E-state index in [2.05, 4.69) is 26.4 Å². The topological polar surface area (TPSA) is 75.9 Å². The molecule has 2 fully saturated rings. The van der Waals surface area contributed by atoms with Crippen molar-refractivity contribution in [1.29, 1.82) is 0 Å². The molecule has 1 spiro atoms. The van der Waals surface area contributed by atoms with E-state index < -0.39 is 0 Å². The van der Waals surface area contributed by atoms with Gasteiger partial charge in [0.15, 0.2) is 5.82 Å². The molecule has 136 valence electrons. The summed E-state index contributed by atoms with van der Waals surface area (Å²) in [4.78, 5) is 23.9. The van der Waals surface area contributed by atoms with E-state index in [4.69, 9.17) is 4.98 Å². The summed E-state index contributed by atoms with van der Waals surface area (Å²) in [7, 11) is 0. The second-order valence-electron chi connectivity index (χ2n) is 7.96. The lowest BCUT2D eigenvalue weighted by atomic mass is 9.84. The first kappa shape index (κ1) is 15.9. The summed E-state index contributed by atoms with van der Waals surface area (Å²) in [6.45, 7) is 3.16. The molecule has 0 radical (unpaired) electrons. The largest absolute Gasteiger partial charge is 0.349 e. The van der Waals surface area contributed by atoms with Crippen molar-refractivity contribution < 1.29 is 4.79 Å². The van der Waals surface area contributed by atoms with Crippen LogP contribution in [0.4, 0.5) is 0 Å². The highest BCUT2D eigenvalue weighted by molar-refractivity contribution is 5.77. The Morgan fingerprint density at radius 2 is 2.12 bits per heavy atom. The normalized spacial score (nSPS) is 22.7. The van der Waals surface area contributed by atoms with E-state index >= 15 is 0 Å². The average Bonchev–Trinajstić information content (AvgIpc) is 3.43. The van der Waals surface area contributed by atoms with Gasteiger partial charge in [0, 0.05) is 49.9 Å². The number of likely N-dealkylation sites (tertiary alicyclic amines) is 1. The van der Waals surface area contributed by atoms with Crippen LogP contribution in [0.5, 0.6) is 0 Å². The number of rotatable bonds is 3. The molecular formula is C19H24N6O. The summed E-state index contributed by atoms with van der Waals surface area (Å²) in [5.74, 6) is 2.51. The van der Waals surface area contributed by atoms with Crippen LogP contribution in [0, 0.1) is 0 Å². The highest BCUT2D eigenvalue weighted by Crippen LogP contribution is 2.38. The van der Waals surface area contributed by atoms with Gasteiger partial charge in [-0.2, -0.15) is 5.10 Å². The number of nitrogens with zero attached hydrogens (tertiary/aromatic N) is 5. The number of aromatic nitrogens is 4. The molecule has 2 aliphatic heterocycles. The first-order valence-corrected chi connectivity index (χ1v) is 9.55. The van der Waals surface area contributed by atoms with Crippen molar-refractivity contribution in [2.45, 2.75) is 56.7 Å². The number of pyridine rings is 1. The van der Waals surface area contributed by atoms with Gasteiger partial charge in [0.2, 0.25) is 5.91 Å². The minimum atomic E-state index is -0.176. The van der Waals surface area contributed by atoms with Gasteiger partial charge in [0.25, 0.3) is 0 Å². The highest BCUT2D eigenvalue weighted by atomic mass is 16.2. The van der Waals surface area contributed by atoms with Crippen molar-refractivity contribution in [2.24, 2.45) is 0 Å². The number of hydrogen-bond acceptors (Lipinski definition) is 5. The second kappa shape index (κ2) is 6.16. The van der Waals surface area contributed by atoms with Crippen LogP contribution in [0.15, 0.2) is 24.5 Å². The van der Waals surface area contributed by atoms with E-state index in [1.165, 1.54) is 18.4 Å². The van der Waals surface area contributed by atoms with Crippen LogP contribution in [0.3, 0.4) is 0 Å². The van der Waals surface area contributed by atoms with Gasteiger partial charge in [-0.1, -0.05) is 6.07 Å². The van der Waals surface area contributed by atoms with Crippen molar-refractivity contribution in [3.8, 4) is 0 Å². The Labute approximate surface area is 152 Å². The maximum absolute atomic E-state index is 12.5. The van der Waals surface area contributed by atoms with E-state index in [0.29, 0.717) is 12.5 Å². The molecule has 2 aromatic heterocycles. The van der Waals surface area contributed by atoms with Crippen molar-refractivity contribution in [3.05, 3.63) is 41.7 Å². The highest BCUT2D eigenvalue weighted by Gasteiger charge is 2.40. The molecule has 5 rings (SSSR count). The van der Waals surface area contributed by atoms with Crippen LogP contribution in [0.2, 0.25) is 0 Å². The van der Waals surface area contributed by atoms with Gasteiger partial charge < -0.3 is 5.32 Å². The molecule has 26 heavy (non-hydrogen) atoms. The zero-order valence-electron chi connectivity index (χ0n) is 14.9. The standard InChI is InChI=1S/C19H24N6O/c26-17-13-25-16(21-18(23-25)15-3-4-15)10-19(22-17)5-8-24(9-6-19)12-14-2-1-7-20-11-14/h1-2,7,11,15H,3-6,8-10,12-13H2,(H,22,26). The molecule has 1 saturated carbocycles. The Balaban J connectivity index is 1.30. The Kier molecular flexibility index (Phi) is 3.77. The zero-order valence-corrected chi connectivity index (χ0v) is 14.9. The number of carbonyl (C=O) groups is 1. The van der Waals surface area contributed by atoms with Crippen molar-refractivity contribution >= 4 is 5.91 Å². The van der Waals surface area contributed by atoms with E-state index in [0.717, 1.165) is 50.5 Å². The van der Waals surface area contributed by atoms with Crippen LogP contribution in [0.25, 0.3) is 0 Å². The number of amides is 1. The van der Waals surface area contributed by atoms with Crippen LogP contribution in [-0.2, 0) is 24.3 Å². The number of nitrogens with one attached hydrogen (secondary N) is 1. The van der Waals surface area contributed by atoms with Crippen LogP contribution in [-0.4, -0.2) is 49.2 Å². The van der Waals surface area contributed by atoms with E-state index in [1.54, 1.807) is 0 Å². The van der Waals surface area contributed by atoms with Crippen molar-refractivity contribution in [2.75, 3.05) is 13.1 Å². The predicted octanol–water partition coefficient (Wildman–Crippen LogP) is 1.26. The molecule has 2 aromatic rings. The molecule has 0 atom stereocenters. The first-order valence-electron chi connectivity index (χ1n) is 9.55. The van der Waals surface area contributed by atoms with Gasteiger partial charge in [0.05, 0.1) is 0 Å². The van der Waals surface area contributed by atoms with Crippen LogP contribution >= 0.6 is 0 Å². The Hall–Kier alpha value is -2.28. The lowest BCUT2D eigenvalue weighted by Gasteiger charge is -2.41. The number of carbonyl (C=O) groups excluding carboxylic acids is 1. The molecule has 0 aromatic carbocycles. The van der Waals surface area contributed by atoms with Gasteiger partial charge in [0.1, 0.15) is 12.4 Å². The van der Waals surface area contributed by atoms with E-state index in [-0.39, 0.29) is 11.4 Å². The molecule has 0 unspecified atom stereocenters. The average molecular weight is 352 g/mol. The quantitative estimate of drug-likeness (QED) is 0.900. The summed E-state index contributed by atoms with van der Waals surface area (Å²) in [6.07, 6.45) is 8.80. The summed E-state index contributed by atoms with van der Waals surface area (Å²) in [5, 5.41) is 7.90. The third-order valence-corrected chi connectivity index (χ3v) is 5.84. The lowest BCUT2D eigenvalue weighted by molar-refractivity contribution is -0.123. The summed E-state index contributed by atoms with van der Waals surface area (Å²) in [5.41, 5.74) is 1.06. The zero-order chi connectivity index (χ0) is 17.6. The minimum Gasteiger partial charge on any atom is -0.349 e. The summed E-state index contributed by atoms with van der Waals surface area (Å²) in [6, 6.07) is 4.10. The van der Waals surface area contributed by atoms with Gasteiger partial charge in [-0.25, -0.2) is 9.67 Å². The lowest BCUT2D eigenvalue weighted by Crippen LogP contribution is -2.56. The molecule has 1 aliphatic carbocycles. The third kappa shape index (κ3) is 3.11. The van der Waals surface area contributed by atoms with E-state index in [9.17, 15) is 4.79 Å². The van der Waals surface area contributed by atoms with Gasteiger partial charge in [-0.05, 0) is 37.3 Å². The molecule has 1 amide bonds. The van der Waals surface area contributed by atoms with Gasteiger partial charge >= 0.3 is 0 Å². The molecule has 4 heterocycles. The molecular weight excluding hydrogens is 328 g/mol. The number of hydrogen-bond donors (Lipinski definition) is 1. The van der Waals surface area contributed by atoms with Crippen LogP contribution < -0.4 is 5.32 Å². The van der Waals surface area contributed by atoms with Crippen molar-refractivity contribution in [1.82, 2.24) is 30.0 Å². The maximum Gasteiger partial charge on any atom is 0.242 e. The molecule has 7 nitrogen and oxygen atoms in total. The summed E-state index contributed by atoms with van der Waals surface area (Å²) >= 11 is 0. The molecule has 1 saturated heterocycles. The maximum atomic E-state index is 12.5. The summed E-state index contributed by atoms with van der Waals surface area (Å²) < 4.78 is 1.83. The Morgan fingerprint density at radius 3 is 2.85 bits per heavy atom. The molecule has 0 bridgehead atoms. The first-order chi connectivity index (χ1) is 12.7. The van der Waals surface area contributed by atoms with Crippen LogP contribution in [0.1, 0.15) is 48.8 Å². The second-order valence-corrected chi connectivity index (χ2v) is 7.96. The van der Waals surface area contributed by atoms with Gasteiger partial charge in [-0.15, -0.1) is 0 Å². The third-order valence-electron chi connectivity index (χ3n) is 5.84. The molecule has 7 heteroatoms. The van der Waals surface area contributed by atoms with E-state index in [1.807, 2.05) is 23.1 Å². The Morgan fingerprint density at radius 1 is 1.27 bits per heavy atom. The smallest absolute Gasteiger partial charge is 0.242 e. The Bertz CT molecular complexity index is 805. The fourth-order valence-corrected chi connectivity index (χ4v) is 4.17. The fraction of sp³-hybridized carbons (Fsp3) is 0.579. The number of fused-ring (bicyclic) bond motifs is 1. The van der Waals surface area contributed by atoms with Gasteiger partial charge in [-0.3, -0.25) is 14.7 Å². The van der Waals surface area contributed by atoms with Crippen molar-refractivity contribution in [3.63, 3.8) is 0 Å². The molecule has 1 N–H and O–H groups in total. The molecule has 3 aliphatic rings.